The van der Waals surface area contributed by atoms with Crippen LogP contribution < -0.4 is 5.73 Å². The van der Waals surface area contributed by atoms with Crippen LogP contribution in [0.25, 0.3) is 10.8 Å². The second-order valence-electron chi connectivity index (χ2n) is 6.27. The molecule has 3 rings (SSSR count). The van der Waals surface area contributed by atoms with Gasteiger partial charge < -0.3 is 10.6 Å². The molecule has 0 saturated heterocycles. The normalized spacial score (nSPS) is 17.2. The van der Waals surface area contributed by atoms with Crippen LogP contribution in [0.5, 0.6) is 0 Å². The van der Waals surface area contributed by atoms with Crippen molar-refractivity contribution in [3.05, 3.63) is 48.0 Å². The van der Waals surface area contributed by atoms with E-state index >= 15 is 0 Å². The van der Waals surface area contributed by atoms with Crippen LogP contribution in [-0.4, -0.2) is 22.9 Å². The Morgan fingerprint density at radius 3 is 2.55 bits per heavy atom. The summed E-state index contributed by atoms with van der Waals surface area (Å²) < 4.78 is 0. The standard InChI is InChI=1S/C19H24N2O/c1-3-18(20)19(22)21(17-10-11-17)13(2)15-9-8-14-6-4-5-7-16(14)12-15/h4-9,12-13,17-18H,3,10-11,20H2,1-2H3/t13-,18+/m0/s1. The molecule has 1 aliphatic carbocycles. The summed E-state index contributed by atoms with van der Waals surface area (Å²) in [5.41, 5.74) is 7.18. The maximum atomic E-state index is 12.6. The van der Waals surface area contributed by atoms with Crippen LogP contribution in [0, 0.1) is 0 Å². The Balaban J connectivity index is 1.91. The summed E-state index contributed by atoms with van der Waals surface area (Å²) in [7, 11) is 0. The third-order valence-electron chi connectivity index (χ3n) is 4.62. The van der Waals surface area contributed by atoms with Gasteiger partial charge >= 0.3 is 0 Å². The van der Waals surface area contributed by atoms with Crippen molar-refractivity contribution in [3.63, 3.8) is 0 Å². The smallest absolute Gasteiger partial charge is 0.240 e. The molecule has 1 saturated carbocycles. The molecule has 3 heteroatoms. The molecule has 0 aliphatic heterocycles. The minimum Gasteiger partial charge on any atom is -0.332 e. The molecule has 0 heterocycles. The van der Waals surface area contributed by atoms with Gasteiger partial charge in [-0.15, -0.1) is 0 Å². The van der Waals surface area contributed by atoms with E-state index in [1.54, 1.807) is 0 Å². The van der Waals surface area contributed by atoms with Gasteiger partial charge in [-0.05, 0) is 48.6 Å². The van der Waals surface area contributed by atoms with Crippen LogP contribution in [0.2, 0.25) is 0 Å². The average Bonchev–Trinajstić information content (AvgIpc) is 3.38. The number of carbonyl (C=O) groups excluding carboxylic acids is 1. The summed E-state index contributed by atoms with van der Waals surface area (Å²) in [6, 6.07) is 14.8. The van der Waals surface area contributed by atoms with Crippen molar-refractivity contribution in [2.75, 3.05) is 0 Å². The highest BCUT2D eigenvalue weighted by Gasteiger charge is 2.37. The quantitative estimate of drug-likeness (QED) is 0.916. The molecule has 116 valence electrons. The molecule has 0 unspecified atom stereocenters. The molecule has 1 aliphatic rings. The summed E-state index contributed by atoms with van der Waals surface area (Å²) in [4.78, 5) is 14.6. The first-order chi connectivity index (χ1) is 10.6. The summed E-state index contributed by atoms with van der Waals surface area (Å²) in [6.07, 6.45) is 2.88. The SMILES string of the molecule is CC[C@@H](N)C(=O)N(C1CC1)[C@@H](C)c1ccc2ccccc2c1. The molecule has 0 bridgehead atoms. The van der Waals surface area contributed by atoms with Gasteiger partial charge in [-0.3, -0.25) is 4.79 Å². The summed E-state index contributed by atoms with van der Waals surface area (Å²) in [6.45, 7) is 4.08. The minimum absolute atomic E-state index is 0.0715. The highest BCUT2D eigenvalue weighted by atomic mass is 16.2. The number of nitrogens with zero attached hydrogens (tertiary/aromatic N) is 1. The number of amides is 1. The number of hydrogen-bond donors (Lipinski definition) is 1. The van der Waals surface area contributed by atoms with E-state index in [1.807, 2.05) is 24.0 Å². The molecule has 1 fully saturated rings. The zero-order chi connectivity index (χ0) is 15.7. The second-order valence-corrected chi connectivity index (χ2v) is 6.27. The Bertz CT molecular complexity index is 678. The Kier molecular flexibility index (Phi) is 4.16. The molecule has 22 heavy (non-hydrogen) atoms. The zero-order valence-electron chi connectivity index (χ0n) is 13.3. The van der Waals surface area contributed by atoms with E-state index < -0.39 is 0 Å². The van der Waals surface area contributed by atoms with Crippen LogP contribution >= 0.6 is 0 Å². The van der Waals surface area contributed by atoms with E-state index in [2.05, 4.69) is 37.3 Å². The lowest BCUT2D eigenvalue weighted by molar-refractivity contribution is -0.135. The first-order valence-corrected chi connectivity index (χ1v) is 8.18. The van der Waals surface area contributed by atoms with Gasteiger partial charge in [0.1, 0.15) is 0 Å². The van der Waals surface area contributed by atoms with Gasteiger partial charge in [0.2, 0.25) is 5.91 Å². The van der Waals surface area contributed by atoms with Gasteiger partial charge in [0.15, 0.2) is 0 Å². The topological polar surface area (TPSA) is 46.3 Å². The lowest BCUT2D eigenvalue weighted by Crippen LogP contribution is -2.45. The number of hydrogen-bond acceptors (Lipinski definition) is 2. The van der Waals surface area contributed by atoms with Crippen molar-refractivity contribution in [2.45, 2.75) is 51.2 Å². The van der Waals surface area contributed by atoms with Crippen molar-refractivity contribution in [1.82, 2.24) is 4.90 Å². The predicted molar refractivity (Wildman–Crippen MR) is 90.5 cm³/mol. The fraction of sp³-hybridized carbons (Fsp3) is 0.421. The average molecular weight is 296 g/mol. The molecule has 0 spiro atoms. The van der Waals surface area contributed by atoms with E-state index in [0.29, 0.717) is 12.5 Å². The Morgan fingerprint density at radius 2 is 1.91 bits per heavy atom. The molecular formula is C19H24N2O. The monoisotopic (exact) mass is 296 g/mol. The van der Waals surface area contributed by atoms with Crippen molar-refractivity contribution in [3.8, 4) is 0 Å². The zero-order valence-corrected chi connectivity index (χ0v) is 13.3. The van der Waals surface area contributed by atoms with E-state index in [0.717, 1.165) is 12.8 Å². The molecule has 3 nitrogen and oxygen atoms in total. The molecule has 2 N–H and O–H groups in total. The van der Waals surface area contributed by atoms with Gasteiger partial charge in [-0.1, -0.05) is 43.3 Å². The number of nitrogens with two attached hydrogens (primary N) is 1. The maximum Gasteiger partial charge on any atom is 0.240 e. The highest BCUT2D eigenvalue weighted by molar-refractivity contribution is 5.84. The third-order valence-corrected chi connectivity index (χ3v) is 4.62. The van der Waals surface area contributed by atoms with E-state index in [4.69, 9.17) is 5.73 Å². The summed E-state index contributed by atoms with van der Waals surface area (Å²) in [5.74, 6) is 0.0886. The molecule has 0 radical (unpaired) electrons. The summed E-state index contributed by atoms with van der Waals surface area (Å²) in [5, 5.41) is 2.45. The minimum atomic E-state index is -0.386. The third kappa shape index (κ3) is 2.86. The lowest BCUT2D eigenvalue weighted by atomic mass is 10.0. The van der Waals surface area contributed by atoms with Gasteiger partial charge in [-0.25, -0.2) is 0 Å². The predicted octanol–water partition coefficient (Wildman–Crippen LogP) is 3.63. The number of rotatable bonds is 5. The van der Waals surface area contributed by atoms with Gasteiger partial charge in [0.05, 0.1) is 12.1 Å². The molecule has 1 amide bonds. The fourth-order valence-corrected chi connectivity index (χ4v) is 3.03. The fourth-order valence-electron chi connectivity index (χ4n) is 3.03. The van der Waals surface area contributed by atoms with Crippen molar-refractivity contribution < 1.29 is 4.79 Å². The number of carbonyl (C=O) groups is 1. The Labute approximate surface area is 132 Å². The summed E-state index contributed by atoms with van der Waals surface area (Å²) >= 11 is 0. The number of fused-ring (bicyclic) bond motifs is 1. The second kappa shape index (κ2) is 6.09. The van der Waals surface area contributed by atoms with Gasteiger partial charge in [-0.2, -0.15) is 0 Å². The van der Waals surface area contributed by atoms with Gasteiger partial charge in [0, 0.05) is 6.04 Å². The van der Waals surface area contributed by atoms with Crippen LogP contribution in [0.3, 0.4) is 0 Å². The highest BCUT2D eigenvalue weighted by Crippen LogP contribution is 2.35. The Hall–Kier alpha value is -1.87. The van der Waals surface area contributed by atoms with Crippen LogP contribution in [-0.2, 0) is 4.79 Å². The van der Waals surface area contributed by atoms with Crippen molar-refractivity contribution in [1.29, 1.82) is 0 Å². The molecular weight excluding hydrogens is 272 g/mol. The van der Waals surface area contributed by atoms with Crippen LogP contribution in [0.1, 0.15) is 44.7 Å². The van der Waals surface area contributed by atoms with E-state index in [-0.39, 0.29) is 18.0 Å². The largest absolute Gasteiger partial charge is 0.332 e. The molecule has 2 aromatic carbocycles. The van der Waals surface area contributed by atoms with Crippen LogP contribution in [0.15, 0.2) is 42.5 Å². The van der Waals surface area contributed by atoms with Crippen molar-refractivity contribution >= 4 is 16.7 Å². The van der Waals surface area contributed by atoms with E-state index in [9.17, 15) is 4.79 Å². The van der Waals surface area contributed by atoms with Crippen molar-refractivity contribution in [2.24, 2.45) is 5.73 Å². The molecule has 0 aromatic heterocycles. The lowest BCUT2D eigenvalue weighted by Gasteiger charge is -2.32. The Morgan fingerprint density at radius 1 is 1.23 bits per heavy atom. The number of benzene rings is 2. The maximum absolute atomic E-state index is 12.6. The molecule has 2 atom stereocenters. The van der Waals surface area contributed by atoms with Crippen LogP contribution in [0.4, 0.5) is 0 Å². The first-order valence-electron chi connectivity index (χ1n) is 8.18. The first kappa shape index (κ1) is 15.0. The van der Waals surface area contributed by atoms with Gasteiger partial charge in [0.25, 0.3) is 0 Å². The molecule has 2 aromatic rings. The van der Waals surface area contributed by atoms with E-state index in [1.165, 1.54) is 16.3 Å².